The third-order valence-corrected chi connectivity index (χ3v) is 4.64. The number of carbonyl (C=O) groups is 1. The standard InChI is InChI=1S/C17H22F2N2O2.ClH/c18-17(19)23-13-6-7-14-11(9-13)3-1-5-15(14)21-16(22)12-4-2-8-20-10-12;/h6-7,9,12,15,17,20H,1-5,8,10H2,(H,21,22);1H. The van der Waals surface area contributed by atoms with Gasteiger partial charge in [0.05, 0.1) is 12.0 Å². The van der Waals surface area contributed by atoms with Gasteiger partial charge in [0.2, 0.25) is 5.91 Å². The Bertz CT molecular complexity index is 566. The van der Waals surface area contributed by atoms with E-state index in [4.69, 9.17) is 0 Å². The Labute approximate surface area is 146 Å². The van der Waals surface area contributed by atoms with Crippen LogP contribution in [-0.4, -0.2) is 25.6 Å². The number of amides is 1. The summed E-state index contributed by atoms with van der Waals surface area (Å²) in [4.78, 5) is 12.4. The lowest BCUT2D eigenvalue weighted by atomic mass is 9.87. The largest absolute Gasteiger partial charge is 0.435 e. The van der Waals surface area contributed by atoms with Gasteiger partial charge in [-0.05, 0) is 61.9 Å². The molecule has 2 N–H and O–H groups in total. The fourth-order valence-corrected chi connectivity index (χ4v) is 3.48. The molecule has 1 amide bonds. The van der Waals surface area contributed by atoms with Crippen LogP contribution in [0.25, 0.3) is 0 Å². The number of rotatable bonds is 4. The van der Waals surface area contributed by atoms with Gasteiger partial charge in [0.1, 0.15) is 5.75 Å². The Kier molecular flexibility index (Phi) is 6.80. The van der Waals surface area contributed by atoms with Crippen LogP contribution < -0.4 is 15.4 Å². The van der Waals surface area contributed by atoms with Gasteiger partial charge in [0.15, 0.2) is 0 Å². The van der Waals surface area contributed by atoms with Crippen LogP contribution in [0.4, 0.5) is 8.78 Å². The lowest BCUT2D eigenvalue weighted by molar-refractivity contribution is -0.126. The van der Waals surface area contributed by atoms with Crippen LogP contribution in [0.15, 0.2) is 18.2 Å². The number of benzene rings is 1. The highest BCUT2D eigenvalue weighted by atomic mass is 35.5. The molecule has 1 aromatic rings. The number of aryl methyl sites for hydroxylation is 1. The fraction of sp³-hybridized carbons (Fsp3) is 0.588. The predicted octanol–water partition coefficient (Wildman–Crippen LogP) is 3.20. The first kappa shape index (κ1) is 18.9. The summed E-state index contributed by atoms with van der Waals surface area (Å²) in [6.07, 6.45) is 4.58. The van der Waals surface area contributed by atoms with Crippen molar-refractivity contribution < 1.29 is 18.3 Å². The molecule has 1 fully saturated rings. The molecular weight excluding hydrogens is 338 g/mol. The highest BCUT2D eigenvalue weighted by molar-refractivity contribution is 5.85. The van der Waals surface area contributed by atoms with E-state index >= 15 is 0 Å². The number of nitrogens with one attached hydrogen (secondary N) is 2. The zero-order valence-electron chi connectivity index (χ0n) is 13.4. The number of hydrogen-bond donors (Lipinski definition) is 2. The van der Waals surface area contributed by atoms with Crippen LogP contribution in [0.2, 0.25) is 0 Å². The van der Waals surface area contributed by atoms with E-state index in [1.807, 2.05) is 0 Å². The normalized spacial score (nSPS) is 23.1. The minimum atomic E-state index is -2.81. The SMILES string of the molecule is Cl.O=C(NC1CCCc2cc(OC(F)F)ccc21)C1CCCNC1. The van der Waals surface area contributed by atoms with Crippen LogP contribution in [-0.2, 0) is 11.2 Å². The Morgan fingerprint density at radius 3 is 2.83 bits per heavy atom. The minimum absolute atomic E-state index is 0. The van der Waals surface area contributed by atoms with Gasteiger partial charge in [-0.1, -0.05) is 6.07 Å². The van der Waals surface area contributed by atoms with Crippen molar-refractivity contribution in [3.63, 3.8) is 0 Å². The first-order valence-electron chi connectivity index (χ1n) is 8.22. The van der Waals surface area contributed by atoms with Crippen LogP contribution in [0.1, 0.15) is 42.9 Å². The maximum atomic E-state index is 12.4. The molecular formula is C17H23ClF2N2O2. The lowest BCUT2D eigenvalue weighted by Gasteiger charge is -2.29. The van der Waals surface area contributed by atoms with Gasteiger partial charge in [0, 0.05) is 6.54 Å². The third kappa shape index (κ3) is 4.57. The molecule has 0 spiro atoms. The Morgan fingerprint density at radius 2 is 2.12 bits per heavy atom. The topological polar surface area (TPSA) is 50.4 Å². The number of halogens is 3. The van der Waals surface area contributed by atoms with Gasteiger partial charge in [-0.3, -0.25) is 4.79 Å². The molecule has 0 aromatic heterocycles. The molecule has 3 rings (SSSR count). The number of ether oxygens (including phenoxy) is 1. The van der Waals surface area contributed by atoms with Gasteiger partial charge in [0.25, 0.3) is 0 Å². The Hall–Kier alpha value is -1.40. The lowest BCUT2D eigenvalue weighted by Crippen LogP contribution is -2.42. The van der Waals surface area contributed by atoms with E-state index in [0.717, 1.165) is 56.3 Å². The molecule has 0 radical (unpaired) electrons. The van der Waals surface area contributed by atoms with Crippen LogP contribution >= 0.6 is 12.4 Å². The average Bonchev–Trinajstić information content (AvgIpc) is 2.55. The summed E-state index contributed by atoms with van der Waals surface area (Å²) in [7, 11) is 0. The van der Waals surface area contributed by atoms with E-state index in [2.05, 4.69) is 15.4 Å². The summed E-state index contributed by atoms with van der Waals surface area (Å²) in [5, 5.41) is 6.39. The quantitative estimate of drug-likeness (QED) is 0.867. The van der Waals surface area contributed by atoms with Gasteiger partial charge in [-0.25, -0.2) is 0 Å². The van der Waals surface area contributed by atoms with Gasteiger partial charge in [-0.2, -0.15) is 8.78 Å². The van der Waals surface area contributed by atoms with E-state index in [1.54, 1.807) is 18.2 Å². The Balaban J connectivity index is 0.00000208. The molecule has 134 valence electrons. The zero-order chi connectivity index (χ0) is 16.2. The van der Waals surface area contributed by atoms with E-state index < -0.39 is 6.61 Å². The number of fused-ring (bicyclic) bond motifs is 1. The maximum absolute atomic E-state index is 12.4. The average molecular weight is 361 g/mol. The van der Waals surface area contributed by atoms with Crippen LogP contribution in [0.5, 0.6) is 5.75 Å². The van der Waals surface area contributed by atoms with E-state index in [-0.39, 0.29) is 36.0 Å². The van der Waals surface area contributed by atoms with Crippen molar-refractivity contribution in [3.05, 3.63) is 29.3 Å². The summed E-state index contributed by atoms with van der Waals surface area (Å²) in [6, 6.07) is 4.99. The molecule has 2 atom stereocenters. The third-order valence-electron chi connectivity index (χ3n) is 4.64. The summed E-state index contributed by atoms with van der Waals surface area (Å²) >= 11 is 0. The second-order valence-electron chi connectivity index (χ2n) is 6.24. The van der Waals surface area contributed by atoms with Crippen molar-refractivity contribution in [2.24, 2.45) is 5.92 Å². The first-order chi connectivity index (χ1) is 11.1. The maximum Gasteiger partial charge on any atom is 0.387 e. The van der Waals surface area contributed by atoms with E-state index in [0.29, 0.717) is 0 Å². The summed E-state index contributed by atoms with van der Waals surface area (Å²) in [5.41, 5.74) is 2.01. The predicted molar refractivity (Wildman–Crippen MR) is 89.7 cm³/mol. The smallest absolute Gasteiger partial charge is 0.387 e. The van der Waals surface area contributed by atoms with Gasteiger partial charge >= 0.3 is 6.61 Å². The number of hydrogen-bond acceptors (Lipinski definition) is 3. The molecule has 1 aliphatic carbocycles. The van der Waals surface area contributed by atoms with Gasteiger partial charge < -0.3 is 15.4 Å². The second-order valence-corrected chi connectivity index (χ2v) is 6.24. The number of alkyl halides is 2. The van der Waals surface area contributed by atoms with Crippen molar-refractivity contribution in [3.8, 4) is 5.75 Å². The highest BCUT2D eigenvalue weighted by Crippen LogP contribution is 2.33. The molecule has 4 nitrogen and oxygen atoms in total. The molecule has 2 aliphatic rings. The molecule has 0 saturated carbocycles. The monoisotopic (exact) mass is 360 g/mol. The minimum Gasteiger partial charge on any atom is -0.435 e. The highest BCUT2D eigenvalue weighted by Gasteiger charge is 2.27. The molecule has 2 unspecified atom stereocenters. The summed E-state index contributed by atoms with van der Waals surface area (Å²) < 4.78 is 29.1. The van der Waals surface area contributed by atoms with Crippen molar-refractivity contribution in [1.29, 1.82) is 0 Å². The summed E-state index contributed by atoms with van der Waals surface area (Å²) in [5.74, 6) is 0.292. The van der Waals surface area contributed by atoms with Crippen molar-refractivity contribution in [2.45, 2.75) is 44.8 Å². The molecule has 7 heteroatoms. The van der Waals surface area contributed by atoms with Crippen molar-refractivity contribution in [2.75, 3.05) is 13.1 Å². The molecule has 1 aromatic carbocycles. The fourth-order valence-electron chi connectivity index (χ4n) is 3.48. The number of carbonyl (C=O) groups excluding carboxylic acids is 1. The molecule has 1 saturated heterocycles. The molecule has 1 aliphatic heterocycles. The zero-order valence-corrected chi connectivity index (χ0v) is 14.2. The van der Waals surface area contributed by atoms with Crippen molar-refractivity contribution in [1.82, 2.24) is 10.6 Å². The molecule has 24 heavy (non-hydrogen) atoms. The van der Waals surface area contributed by atoms with E-state index in [9.17, 15) is 13.6 Å². The second kappa shape index (κ2) is 8.62. The Morgan fingerprint density at radius 1 is 1.29 bits per heavy atom. The van der Waals surface area contributed by atoms with Crippen LogP contribution in [0, 0.1) is 5.92 Å². The number of piperidine rings is 1. The molecule has 1 heterocycles. The van der Waals surface area contributed by atoms with Crippen molar-refractivity contribution >= 4 is 18.3 Å². The van der Waals surface area contributed by atoms with Gasteiger partial charge in [-0.15, -0.1) is 12.4 Å². The first-order valence-corrected chi connectivity index (χ1v) is 8.22. The summed E-state index contributed by atoms with van der Waals surface area (Å²) in [6.45, 7) is -1.11. The molecule has 0 bridgehead atoms. The van der Waals surface area contributed by atoms with Crippen LogP contribution in [0.3, 0.4) is 0 Å². The van der Waals surface area contributed by atoms with E-state index in [1.165, 1.54) is 0 Å².